The first-order valence-electron chi connectivity index (χ1n) is 6.63. The van der Waals surface area contributed by atoms with Crippen molar-refractivity contribution in [1.82, 2.24) is 9.88 Å². The summed E-state index contributed by atoms with van der Waals surface area (Å²) < 4.78 is 0. The fourth-order valence-electron chi connectivity index (χ4n) is 2.59. The van der Waals surface area contributed by atoms with Gasteiger partial charge in [0.25, 0.3) is 0 Å². The molecule has 0 bridgehead atoms. The smallest absolute Gasteiger partial charge is 0.337 e. The van der Waals surface area contributed by atoms with E-state index in [4.69, 9.17) is 10.8 Å². The van der Waals surface area contributed by atoms with Crippen molar-refractivity contribution in [2.75, 3.05) is 36.8 Å². The zero-order valence-corrected chi connectivity index (χ0v) is 10.7. The predicted octanol–water partition coefficient (Wildman–Crippen LogP) is 0.646. The number of anilines is 2. The van der Waals surface area contributed by atoms with Crippen molar-refractivity contribution in [3.63, 3.8) is 0 Å². The Hall–Kier alpha value is -1.82. The second-order valence-electron chi connectivity index (χ2n) is 5.20. The van der Waals surface area contributed by atoms with Crippen LogP contribution >= 0.6 is 0 Å². The van der Waals surface area contributed by atoms with Crippen LogP contribution in [-0.4, -0.2) is 53.2 Å². The fourth-order valence-corrected chi connectivity index (χ4v) is 2.59. The largest absolute Gasteiger partial charge is 0.478 e. The van der Waals surface area contributed by atoms with E-state index >= 15 is 0 Å². The van der Waals surface area contributed by atoms with Crippen LogP contribution in [0.2, 0.25) is 0 Å². The minimum Gasteiger partial charge on any atom is -0.478 e. The molecule has 0 unspecified atom stereocenters. The number of aromatic nitrogens is 1. The van der Waals surface area contributed by atoms with E-state index in [1.165, 1.54) is 25.1 Å². The Morgan fingerprint density at radius 1 is 1.32 bits per heavy atom. The monoisotopic (exact) mass is 262 g/mol. The summed E-state index contributed by atoms with van der Waals surface area (Å²) in [6, 6.07) is 2.28. The molecule has 0 radical (unpaired) electrons. The number of nitrogens with two attached hydrogens (primary N) is 1. The first kappa shape index (κ1) is 12.2. The van der Waals surface area contributed by atoms with Gasteiger partial charge in [0.05, 0.1) is 11.3 Å². The normalized spacial score (nSPS) is 20.5. The maximum atomic E-state index is 10.8. The molecule has 1 aliphatic carbocycles. The summed E-state index contributed by atoms with van der Waals surface area (Å²) in [6.45, 7) is 3.87. The topological polar surface area (TPSA) is 82.7 Å². The van der Waals surface area contributed by atoms with Gasteiger partial charge in [-0.05, 0) is 18.9 Å². The molecular weight excluding hydrogens is 244 g/mol. The van der Waals surface area contributed by atoms with Crippen molar-refractivity contribution in [1.29, 1.82) is 0 Å². The van der Waals surface area contributed by atoms with Crippen molar-refractivity contribution < 1.29 is 9.90 Å². The van der Waals surface area contributed by atoms with Crippen LogP contribution in [-0.2, 0) is 0 Å². The number of carbonyl (C=O) groups is 1. The van der Waals surface area contributed by atoms with Gasteiger partial charge in [0.1, 0.15) is 0 Å². The van der Waals surface area contributed by atoms with Crippen LogP contribution < -0.4 is 10.6 Å². The Labute approximate surface area is 111 Å². The number of aromatic carboxylic acids is 1. The average molecular weight is 262 g/mol. The van der Waals surface area contributed by atoms with Gasteiger partial charge in [-0.1, -0.05) is 0 Å². The predicted molar refractivity (Wildman–Crippen MR) is 72.4 cm³/mol. The molecule has 6 heteroatoms. The van der Waals surface area contributed by atoms with E-state index in [1.54, 1.807) is 0 Å². The lowest BCUT2D eigenvalue weighted by Gasteiger charge is -2.35. The number of hydrogen-bond acceptors (Lipinski definition) is 5. The van der Waals surface area contributed by atoms with Gasteiger partial charge in [0.2, 0.25) is 0 Å². The third kappa shape index (κ3) is 2.49. The quantitative estimate of drug-likeness (QED) is 0.832. The van der Waals surface area contributed by atoms with Gasteiger partial charge in [-0.25, -0.2) is 9.78 Å². The van der Waals surface area contributed by atoms with E-state index in [0.29, 0.717) is 11.5 Å². The molecule has 2 fully saturated rings. The number of rotatable bonds is 3. The molecule has 1 saturated heterocycles. The van der Waals surface area contributed by atoms with E-state index in [9.17, 15) is 4.79 Å². The standard InChI is InChI=1S/C13H18N4O2/c14-11-7-9(13(18)19)8-15-12(11)17-5-3-16(4-6-17)10-1-2-10/h7-8,10H,1-6,14H2,(H,18,19). The van der Waals surface area contributed by atoms with E-state index in [1.807, 2.05) is 0 Å². The number of piperazine rings is 1. The highest BCUT2D eigenvalue weighted by Gasteiger charge is 2.31. The molecule has 19 heavy (non-hydrogen) atoms. The molecule has 0 aromatic carbocycles. The molecule has 0 atom stereocenters. The molecule has 6 nitrogen and oxygen atoms in total. The number of pyridine rings is 1. The van der Waals surface area contributed by atoms with E-state index in [0.717, 1.165) is 32.2 Å². The molecule has 3 rings (SSSR count). The number of carboxylic acids is 1. The zero-order valence-electron chi connectivity index (χ0n) is 10.7. The van der Waals surface area contributed by atoms with Gasteiger partial charge < -0.3 is 15.7 Å². The van der Waals surface area contributed by atoms with Crippen LogP contribution in [0.5, 0.6) is 0 Å². The summed E-state index contributed by atoms with van der Waals surface area (Å²) >= 11 is 0. The van der Waals surface area contributed by atoms with Crippen LogP contribution in [0.25, 0.3) is 0 Å². The van der Waals surface area contributed by atoms with E-state index in [2.05, 4.69) is 14.8 Å². The number of hydrogen-bond donors (Lipinski definition) is 2. The van der Waals surface area contributed by atoms with Crippen molar-refractivity contribution >= 4 is 17.5 Å². The van der Waals surface area contributed by atoms with E-state index < -0.39 is 5.97 Å². The van der Waals surface area contributed by atoms with Gasteiger partial charge >= 0.3 is 5.97 Å². The first-order valence-corrected chi connectivity index (χ1v) is 6.63. The SMILES string of the molecule is Nc1cc(C(=O)O)cnc1N1CCN(C2CC2)CC1. The van der Waals surface area contributed by atoms with Crippen molar-refractivity contribution in [2.45, 2.75) is 18.9 Å². The van der Waals surface area contributed by atoms with Gasteiger partial charge in [-0.3, -0.25) is 4.90 Å². The number of nitrogen functional groups attached to an aromatic ring is 1. The maximum Gasteiger partial charge on any atom is 0.337 e. The highest BCUT2D eigenvalue weighted by Crippen LogP contribution is 2.29. The fraction of sp³-hybridized carbons (Fsp3) is 0.538. The minimum atomic E-state index is -0.996. The second kappa shape index (κ2) is 4.70. The third-order valence-corrected chi connectivity index (χ3v) is 3.82. The highest BCUT2D eigenvalue weighted by atomic mass is 16.4. The molecule has 1 aliphatic heterocycles. The van der Waals surface area contributed by atoms with Crippen molar-refractivity contribution in [3.05, 3.63) is 17.8 Å². The summed E-state index contributed by atoms with van der Waals surface area (Å²) in [5, 5.41) is 8.90. The van der Waals surface area contributed by atoms with Crippen LogP contribution in [0, 0.1) is 0 Å². The van der Waals surface area contributed by atoms with Crippen LogP contribution in [0.15, 0.2) is 12.3 Å². The number of nitrogens with zero attached hydrogens (tertiary/aromatic N) is 3. The van der Waals surface area contributed by atoms with Crippen molar-refractivity contribution in [3.8, 4) is 0 Å². The molecule has 3 N–H and O–H groups in total. The third-order valence-electron chi connectivity index (χ3n) is 3.82. The maximum absolute atomic E-state index is 10.8. The van der Waals surface area contributed by atoms with Gasteiger partial charge in [0, 0.05) is 38.4 Å². The summed E-state index contributed by atoms with van der Waals surface area (Å²) in [4.78, 5) is 19.7. The first-order chi connectivity index (χ1) is 9.15. The molecule has 0 spiro atoms. The summed E-state index contributed by atoms with van der Waals surface area (Å²) in [5.41, 5.74) is 6.50. The summed E-state index contributed by atoms with van der Waals surface area (Å²) in [6.07, 6.45) is 4.03. The average Bonchev–Trinajstić information content (AvgIpc) is 3.23. The van der Waals surface area contributed by atoms with Crippen LogP contribution in [0.1, 0.15) is 23.2 Å². The van der Waals surface area contributed by atoms with Crippen molar-refractivity contribution in [2.24, 2.45) is 0 Å². The van der Waals surface area contributed by atoms with E-state index in [-0.39, 0.29) is 5.56 Å². The van der Waals surface area contributed by atoms with Gasteiger partial charge in [-0.2, -0.15) is 0 Å². The number of carboxylic acid groups (broad SMARTS) is 1. The minimum absolute atomic E-state index is 0.137. The molecule has 0 amide bonds. The molecule has 2 heterocycles. The zero-order chi connectivity index (χ0) is 13.4. The molecular formula is C13H18N4O2. The van der Waals surface area contributed by atoms with Crippen LogP contribution in [0.3, 0.4) is 0 Å². The highest BCUT2D eigenvalue weighted by molar-refractivity contribution is 5.89. The Morgan fingerprint density at radius 2 is 2.00 bits per heavy atom. The lowest BCUT2D eigenvalue weighted by molar-refractivity contribution is 0.0696. The molecule has 2 aliphatic rings. The molecule has 1 aromatic heterocycles. The summed E-state index contributed by atoms with van der Waals surface area (Å²) in [7, 11) is 0. The Morgan fingerprint density at radius 3 is 2.53 bits per heavy atom. The Bertz CT molecular complexity index is 493. The lowest BCUT2D eigenvalue weighted by atomic mass is 10.2. The van der Waals surface area contributed by atoms with Gasteiger partial charge in [-0.15, -0.1) is 0 Å². The Kier molecular flexibility index (Phi) is 3.02. The lowest BCUT2D eigenvalue weighted by Crippen LogP contribution is -2.47. The Balaban J connectivity index is 1.70. The van der Waals surface area contributed by atoms with Crippen LogP contribution in [0.4, 0.5) is 11.5 Å². The molecule has 1 aromatic rings. The second-order valence-corrected chi connectivity index (χ2v) is 5.20. The summed E-state index contributed by atoms with van der Waals surface area (Å²) in [5.74, 6) is -0.287. The van der Waals surface area contributed by atoms with Gasteiger partial charge in [0.15, 0.2) is 5.82 Å². The molecule has 102 valence electrons. The molecule has 1 saturated carbocycles.